The highest BCUT2D eigenvalue weighted by Gasteiger charge is 2.27. The Kier molecular flexibility index (Phi) is 11.0. The first-order valence-electron chi connectivity index (χ1n) is 12.6. The van der Waals surface area contributed by atoms with E-state index in [1.54, 1.807) is 31.2 Å². The van der Waals surface area contributed by atoms with E-state index in [1.165, 1.54) is 19.3 Å². The summed E-state index contributed by atoms with van der Waals surface area (Å²) in [6.45, 7) is 4.70. The lowest BCUT2D eigenvalue weighted by Crippen LogP contribution is -2.43. The lowest BCUT2D eigenvalue weighted by molar-refractivity contribution is -0.145. The number of hydrogen-bond acceptors (Lipinski definition) is 6. The summed E-state index contributed by atoms with van der Waals surface area (Å²) in [5.41, 5.74) is 1.42. The largest absolute Gasteiger partial charge is 0.493 e. The van der Waals surface area contributed by atoms with E-state index in [0.717, 1.165) is 37.4 Å². The minimum Gasteiger partial charge on any atom is -0.493 e. The fourth-order valence-electron chi connectivity index (χ4n) is 4.39. The molecule has 0 aromatic heterocycles. The summed E-state index contributed by atoms with van der Waals surface area (Å²) < 4.78 is 39.4. The van der Waals surface area contributed by atoms with Crippen molar-refractivity contribution in [2.45, 2.75) is 57.2 Å². The van der Waals surface area contributed by atoms with Crippen LogP contribution in [0.15, 0.2) is 54.6 Å². The molecule has 0 amide bonds. The predicted octanol–water partition coefficient (Wildman–Crippen LogP) is 3.83. The van der Waals surface area contributed by atoms with Crippen molar-refractivity contribution < 1.29 is 22.7 Å². The van der Waals surface area contributed by atoms with Gasteiger partial charge in [0.25, 0.3) is 0 Å². The Morgan fingerprint density at radius 1 is 1.06 bits per heavy atom. The number of carbonyl (C=O) groups excluding carboxylic acids is 1. The van der Waals surface area contributed by atoms with Gasteiger partial charge < -0.3 is 14.8 Å². The second-order valence-electron chi connectivity index (χ2n) is 9.02. The highest BCUT2D eigenvalue weighted by molar-refractivity contribution is 7.88. The maximum atomic E-state index is 12.8. The Morgan fingerprint density at radius 3 is 2.51 bits per heavy atom. The number of ether oxygens (including phenoxy) is 2. The Bertz CT molecular complexity index is 1010. The Labute approximate surface area is 209 Å². The van der Waals surface area contributed by atoms with Gasteiger partial charge in [0.05, 0.1) is 19.0 Å². The molecule has 8 heteroatoms. The Balaban J connectivity index is 1.59. The molecule has 2 aromatic carbocycles. The van der Waals surface area contributed by atoms with Crippen LogP contribution in [0.4, 0.5) is 0 Å². The van der Waals surface area contributed by atoms with E-state index in [-0.39, 0.29) is 18.8 Å². The molecule has 1 aliphatic rings. The molecular weight excluding hydrogens is 464 g/mol. The van der Waals surface area contributed by atoms with E-state index in [0.29, 0.717) is 17.9 Å². The van der Waals surface area contributed by atoms with Crippen molar-refractivity contribution >= 4 is 16.0 Å². The van der Waals surface area contributed by atoms with Crippen LogP contribution in [-0.4, -0.2) is 46.7 Å². The van der Waals surface area contributed by atoms with Crippen LogP contribution in [0.25, 0.3) is 0 Å². The van der Waals surface area contributed by atoms with Crippen LogP contribution < -0.4 is 14.8 Å². The molecule has 0 spiro atoms. The van der Waals surface area contributed by atoms with Crippen LogP contribution in [0.1, 0.15) is 50.2 Å². The number of hydrogen-bond donors (Lipinski definition) is 2. The van der Waals surface area contributed by atoms with Crippen molar-refractivity contribution in [2.75, 3.05) is 26.3 Å². The van der Waals surface area contributed by atoms with Gasteiger partial charge in [-0.25, -0.2) is 13.1 Å². The number of carbonyl (C=O) groups is 1. The molecule has 7 nitrogen and oxygen atoms in total. The SMILES string of the molecule is CCOC(=O)C(Cc1ccccc1OCCCCC1CCNCC1)NS(=O)(=O)Cc1ccccc1. The van der Waals surface area contributed by atoms with Crippen LogP contribution in [0.5, 0.6) is 5.75 Å². The first-order chi connectivity index (χ1) is 17.0. The van der Waals surface area contributed by atoms with Crippen molar-refractivity contribution in [1.29, 1.82) is 0 Å². The molecule has 192 valence electrons. The van der Waals surface area contributed by atoms with Gasteiger partial charge >= 0.3 is 5.97 Å². The first-order valence-corrected chi connectivity index (χ1v) is 14.2. The standard InChI is InChI=1S/C27H38N2O5S/c1-2-33-27(30)25(29-35(31,32)21-23-11-4-3-5-12-23)20-24-13-6-7-14-26(24)34-19-9-8-10-22-15-17-28-18-16-22/h3-7,11-14,22,25,28-29H,2,8-10,15-21H2,1H3. The lowest BCUT2D eigenvalue weighted by atomic mass is 9.93. The van der Waals surface area contributed by atoms with Gasteiger partial charge in [0.15, 0.2) is 0 Å². The van der Waals surface area contributed by atoms with Crippen molar-refractivity contribution in [3.05, 3.63) is 65.7 Å². The average Bonchev–Trinajstić information content (AvgIpc) is 2.85. The first kappa shape index (κ1) is 27.2. The molecule has 2 aromatic rings. The summed E-state index contributed by atoms with van der Waals surface area (Å²) >= 11 is 0. The van der Waals surface area contributed by atoms with Gasteiger partial charge in [0.2, 0.25) is 10.0 Å². The van der Waals surface area contributed by atoms with Crippen molar-refractivity contribution in [3.63, 3.8) is 0 Å². The zero-order chi connectivity index (χ0) is 24.9. The van der Waals surface area contributed by atoms with E-state index in [9.17, 15) is 13.2 Å². The van der Waals surface area contributed by atoms with Crippen LogP contribution >= 0.6 is 0 Å². The van der Waals surface area contributed by atoms with Gasteiger partial charge in [-0.15, -0.1) is 0 Å². The number of nitrogens with one attached hydrogen (secondary N) is 2. The molecule has 1 aliphatic heterocycles. The highest BCUT2D eigenvalue weighted by atomic mass is 32.2. The van der Waals surface area contributed by atoms with Crippen LogP contribution in [0.3, 0.4) is 0 Å². The van der Waals surface area contributed by atoms with Gasteiger partial charge in [-0.05, 0) is 68.8 Å². The van der Waals surface area contributed by atoms with Crippen molar-refractivity contribution in [2.24, 2.45) is 5.92 Å². The average molecular weight is 503 g/mol. The quantitative estimate of drug-likeness (QED) is 0.301. The number of para-hydroxylation sites is 1. The monoisotopic (exact) mass is 502 g/mol. The minimum absolute atomic E-state index is 0.151. The van der Waals surface area contributed by atoms with E-state index in [4.69, 9.17) is 9.47 Å². The molecule has 1 heterocycles. The zero-order valence-corrected chi connectivity index (χ0v) is 21.4. The lowest BCUT2D eigenvalue weighted by Gasteiger charge is -2.22. The summed E-state index contributed by atoms with van der Waals surface area (Å²) in [5, 5.41) is 3.40. The van der Waals surface area contributed by atoms with E-state index in [2.05, 4.69) is 10.0 Å². The third-order valence-corrected chi connectivity index (χ3v) is 7.57. The normalized spacial score (nSPS) is 15.5. The second kappa shape index (κ2) is 14.2. The topological polar surface area (TPSA) is 93.7 Å². The summed E-state index contributed by atoms with van der Waals surface area (Å²) in [5.74, 6) is 0.670. The number of rotatable bonds is 14. The van der Waals surface area contributed by atoms with Gasteiger partial charge in [0, 0.05) is 6.42 Å². The molecule has 1 fully saturated rings. The molecule has 3 rings (SSSR count). The van der Waals surface area contributed by atoms with Crippen LogP contribution in [0.2, 0.25) is 0 Å². The molecule has 35 heavy (non-hydrogen) atoms. The van der Waals surface area contributed by atoms with Gasteiger partial charge in [0.1, 0.15) is 11.8 Å². The summed E-state index contributed by atoms with van der Waals surface area (Å²) in [7, 11) is -3.76. The van der Waals surface area contributed by atoms with Crippen molar-refractivity contribution in [1.82, 2.24) is 10.0 Å². The fraction of sp³-hybridized carbons (Fsp3) is 0.519. The number of esters is 1. The number of sulfonamides is 1. The maximum absolute atomic E-state index is 12.8. The number of benzene rings is 2. The molecule has 1 saturated heterocycles. The molecule has 0 saturated carbocycles. The smallest absolute Gasteiger partial charge is 0.324 e. The molecule has 1 unspecified atom stereocenters. The molecule has 1 atom stereocenters. The number of unbranched alkanes of at least 4 members (excludes halogenated alkanes) is 1. The van der Waals surface area contributed by atoms with Crippen molar-refractivity contribution in [3.8, 4) is 5.75 Å². The van der Waals surface area contributed by atoms with Gasteiger partial charge in [-0.2, -0.15) is 0 Å². The van der Waals surface area contributed by atoms with E-state index < -0.39 is 22.0 Å². The molecular formula is C27H38N2O5S. The second-order valence-corrected chi connectivity index (χ2v) is 10.8. The summed E-state index contributed by atoms with van der Waals surface area (Å²) in [6, 6.07) is 15.3. The Morgan fingerprint density at radius 2 is 1.77 bits per heavy atom. The zero-order valence-electron chi connectivity index (χ0n) is 20.6. The third kappa shape index (κ3) is 9.63. The van der Waals surface area contributed by atoms with Gasteiger partial charge in [-0.3, -0.25) is 4.79 Å². The maximum Gasteiger partial charge on any atom is 0.324 e. The fourth-order valence-corrected chi connectivity index (χ4v) is 5.72. The third-order valence-electron chi connectivity index (χ3n) is 6.21. The molecule has 0 bridgehead atoms. The number of piperidine rings is 1. The predicted molar refractivity (Wildman–Crippen MR) is 138 cm³/mol. The van der Waals surface area contributed by atoms with Crippen LogP contribution in [0, 0.1) is 5.92 Å². The Hall–Kier alpha value is -2.42. The van der Waals surface area contributed by atoms with Crippen LogP contribution in [-0.2, 0) is 31.7 Å². The van der Waals surface area contributed by atoms with E-state index >= 15 is 0 Å². The van der Waals surface area contributed by atoms with Gasteiger partial charge in [-0.1, -0.05) is 55.0 Å². The summed E-state index contributed by atoms with van der Waals surface area (Å²) in [6.07, 6.45) is 5.96. The minimum atomic E-state index is -3.76. The molecule has 2 N–H and O–H groups in total. The molecule has 0 aliphatic carbocycles. The highest BCUT2D eigenvalue weighted by Crippen LogP contribution is 2.22. The summed E-state index contributed by atoms with van der Waals surface area (Å²) in [4.78, 5) is 12.6. The molecule has 0 radical (unpaired) electrons. The van der Waals surface area contributed by atoms with E-state index in [1.807, 2.05) is 30.3 Å².